The average Bonchev–Trinajstić information content (AvgIpc) is 3.21. The van der Waals surface area contributed by atoms with Crippen molar-refractivity contribution in [2.75, 3.05) is 13.2 Å². The van der Waals surface area contributed by atoms with Gasteiger partial charge in [-0.25, -0.2) is 4.98 Å². The van der Waals surface area contributed by atoms with Crippen LogP contribution in [0.2, 0.25) is 0 Å². The van der Waals surface area contributed by atoms with E-state index in [9.17, 15) is 4.79 Å². The van der Waals surface area contributed by atoms with Gasteiger partial charge in [-0.1, -0.05) is 19.1 Å². The zero-order chi connectivity index (χ0) is 22.7. The van der Waals surface area contributed by atoms with Crippen molar-refractivity contribution in [3.8, 4) is 17.0 Å². The van der Waals surface area contributed by atoms with Gasteiger partial charge >= 0.3 is 0 Å². The van der Waals surface area contributed by atoms with E-state index >= 15 is 0 Å². The molecule has 0 aliphatic rings. The molecule has 0 saturated carbocycles. The van der Waals surface area contributed by atoms with Crippen molar-refractivity contribution in [1.82, 2.24) is 15.2 Å². The molecule has 2 heterocycles. The summed E-state index contributed by atoms with van der Waals surface area (Å²) in [6.45, 7) is 6.18. The van der Waals surface area contributed by atoms with Crippen LogP contribution in [0.4, 0.5) is 0 Å². The lowest BCUT2D eigenvalue weighted by atomic mass is 9.96. The Morgan fingerprint density at radius 3 is 2.72 bits per heavy atom. The fourth-order valence-electron chi connectivity index (χ4n) is 3.87. The lowest BCUT2D eigenvalue weighted by molar-refractivity contribution is 0.0992. The number of aliphatic hydroxyl groups excluding tert-OH is 1. The van der Waals surface area contributed by atoms with Crippen LogP contribution < -0.4 is 4.74 Å². The molecule has 2 aromatic heterocycles. The summed E-state index contributed by atoms with van der Waals surface area (Å²) < 4.78 is 5.50. The highest BCUT2D eigenvalue weighted by atomic mass is 16.5. The zero-order valence-electron chi connectivity index (χ0n) is 18.6. The number of carbonyl (C=O) groups excluding carboxylic acids is 1. The second-order valence-corrected chi connectivity index (χ2v) is 7.98. The number of benzene rings is 2. The lowest BCUT2D eigenvalue weighted by Gasteiger charge is -2.10. The van der Waals surface area contributed by atoms with Crippen LogP contribution in [-0.4, -0.2) is 39.3 Å². The summed E-state index contributed by atoms with van der Waals surface area (Å²) in [4.78, 5) is 17.7. The summed E-state index contributed by atoms with van der Waals surface area (Å²) >= 11 is 0. The number of carbonyl (C=O) groups is 1. The van der Waals surface area contributed by atoms with Crippen LogP contribution in [0.3, 0.4) is 0 Å². The maximum Gasteiger partial charge on any atom is 0.181 e. The molecule has 164 valence electrons. The van der Waals surface area contributed by atoms with Gasteiger partial charge in [-0.15, -0.1) is 0 Å². The van der Waals surface area contributed by atoms with Crippen LogP contribution in [0.5, 0.6) is 5.75 Å². The fraction of sp³-hybridized carbons (Fsp3) is 0.269. The number of fused-ring (bicyclic) bond motifs is 1. The predicted molar refractivity (Wildman–Crippen MR) is 125 cm³/mol. The van der Waals surface area contributed by atoms with Gasteiger partial charge in [-0.3, -0.25) is 9.89 Å². The van der Waals surface area contributed by atoms with Crippen molar-refractivity contribution in [3.05, 3.63) is 76.5 Å². The Morgan fingerprint density at radius 2 is 1.94 bits per heavy atom. The number of aliphatic hydroxyl groups is 1. The normalized spacial score (nSPS) is 11.1. The highest BCUT2D eigenvalue weighted by Crippen LogP contribution is 2.27. The fourth-order valence-corrected chi connectivity index (χ4v) is 3.87. The smallest absolute Gasteiger partial charge is 0.181 e. The molecule has 32 heavy (non-hydrogen) atoms. The molecule has 6 nitrogen and oxygen atoms in total. The molecule has 0 spiro atoms. The Labute approximate surface area is 187 Å². The molecule has 6 heteroatoms. The van der Waals surface area contributed by atoms with Crippen molar-refractivity contribution >= 4 is 16.8 Å². The molecule has 0 atom stereocenters. The monoisotopic (exact) mass is 429 g/mol. The van der Waals surface area contributed by atoms with E-state index in [1.807, 2.05) is 50.2 Å². The second-order valence-electron chi connectivity index (χ2n) is 7.98. The molecule has 0 bridgehead atoms. The van der Waals surface area contributed by atoms with Crippen LogP contribution in [0, 0.1) is 13.8 Å². The predicted octanol–water partition coefficient (Wildman–Crippen LogP) is 4.60. The Kier molecular flexibility index (Phi) is 6.32. The first-order valence-electron chi connectivity index (χ1n) is 10.8. The minimum absolute atomic E-state index is 0.0145. The van der Waals surface area contributed by atoms with Crippen LogP contribution in [0.15, 0.2) is 48.5 Å². The number of ether oxygens (including phenoxy) is 1. The Bertz CT molecular complexity index is 1280. The average molecular weight is 430 g/mol. The number of pyridine rings is 1. The van der Waals surface area contributed by atoms with Gasteiger partial charge in [0.1, 0.15) is 12.4 Å². The van der Waals surface area contributed by atoms with Crippen molar-refractivity contribution in [2.45, 2.75) is 33.6 Å². The Balaban J connectivity index is 1.61. The van der Waals surface area contributed by atoms with E-state index in [1.54, 1.807) is 6.07 Å². The van der Waals surface area contributed by atoms with E-state index in [2.05, 4.69) is 23.2 Å². The van der Waals surface area contributed by atoms with E-state index in [0.29, 0.717) is 17.0 Å². The molecule has 2 aromatic carbocycles. The first kappa shape index (κ1) is 21.7. The molecular formula is C26H27N3O3. The topological polar surface area (TPSA) is 88.1 Å². The molecule has 0 radical (unpaired) electrons. The number of nitrogens with zero attached hydrogens (tertiary/aromatic N) is 2. The first-order chi connectivity index (χ1) is 15.5. The van der Waals surface area contributed by atoms with E-state index in [4.69, 9.17) is 14.8 Å². The molecule has 2 N–H and O–H groups in total. The summed E-state index contributed by atoms with van der Waals surface area (Å²) in [6, 6.07) is 15.6. The number of hydrogen-bond acceptors (Lipinski definition) is 5. The SMILES string of the molecule is CCc1[nH]nc2nc(-c3cc(CC(=O)c4cc(C)cc(OCCO)c4)ccc3C)ccc12. The largest absolute Gasteiger partial charge is 0.491 e. The van der Waals surface area contributed by atoms with Gasteiger partial charge in [-0.2, -0.15) is 5.10 Å². The van der Waals surface area contributed by atoms with Crippen molar-refractivity contribution in [2.24, 2.45) is 0 Å². The molecule has 4 rings (SSSR count). The van der Waals surface area contributed by atoms with Crippen LogP contribution in [-0.2, 0) is 12.8 Å². The molecule has 0 aliphatic carbocycles. The minimum atomic E-state index is -0.0682. The quantitative estimate of drug-likeness (QED) is 0.400. The lowest BCUT2D eigenvalue weighted by Crippen LogP contribution is -2.07. The minimum Gasteiger partial charge on any atom is -0.491 e. The number of rotatable bonds is 8. The molecule has 0 fully saturated rings. The maximum absolute atomic E-state index is 13.0. The zero-order valence-corrected chi connectivity index (χ0v) is 18.6. The standard InChI is InChI=1S/C26H27N3O3/c1-4-23-21-7-8-24(27-26(21)29-28-23)22-13-18(6-5-17(22)3)14-25(31)19-11-16(2)12-20(15-19)32-10-9-30/h5-8,11-13,15,30H,4,9-10,14H2,1-3H3,(H,27,28,29). The van der Waals surface area contributed by atoms with Crippen molar-refractivity contribution in [3.63, 3.8) is 0 Å². The second kappa shape index (κ2) is 9.32. The number of ketones is 1. The summed E-state index contributed by atoms with van der Waals surface area (Å²) in [6.07, 6.45) is 1.15. The van der Waals surface area contributed by atoms with Gasteiger partial charge in [0.2, 0.25) is 0 Å². The Morgan fingerprint density at radius 1 is 1.09 bits per heavy atom. The number of H-pyrrole nitrogens is 1. The van der Waals surface area contributed by atoms with Crippen LogP contribution >= 0.6 is 0 Å². The van der Waals surface area contributed by atoms with E-state index in [0.717, 1.165) is 45.4 Å². The Hall–Kier alpha value is -3.51. The summed E-state index contributed by atoms with van der Waals surface area (Å²) in [7, 11) is 0. The number of aryl methyl sites for hydroxylation is 3. The molecular weight excluding hydrogens is 402 g/mol. The van der Waals surface area contributed by atoms with E-state index < -0.39 is 0 Å². The number of aromatic amines is 1. The number of Topliss-reactive ketones (excluding diaryl/α,β-unsaturated/α-hetero) is 1. The summed E-state index contributed by atoms with van der Waals surface area (Å²) in [5, 5.41) is 17.4. The van der Waals surface area contributed by atoms with Crippen LogP contribution in [0.1, 0.15) is 39.7 Å². The van der Waals surface area contributed by atoms with Gasteiger partial charge < -0.3 is 9.84 Å². The third-order valence-electron chi connectivity index (χ3n) is 5.53. The third-order valence-corrected chi connectivity index (χ3v) is 5.53. The van der Waals surface area contributed by atoms with Gasteiger partial charge in [-0.05, 0) is 73.4 Å². The number of nitrogens with one attached hydrogen (secondary N) is 1. The van der Waals surface area contributed by atoms with Crippen molar-refractivity contribution in [1.29, 1.82) is 0 Å². The summed E-state index contributed by atoms with van der Waals surface area (Å²) in [5.74, 6) is 0.607. The molecule has 0 amide bonds. The highest BCUT2D eigenvalue weighted by Gasteiger charge is 2.13. The van der Waals surface area contributed by atoms with Gasteiger partial charge in [0.25, 0.3) is 0 Å². The van der Waals surface area contributed by atoms with Crippen LogP contribution in [0.25, 0.3) is 22.3 Å². The van der Waals surface area contributed by atoms with Gasteiger partial charge in [0.15, 0.2) is 11.4 Å². The number of aromatic nitrogens is 3. The highest BCUT2D eigenvalue weighted by molar-refractivity contribution is 5.98. The molecule has 0 unspecified atom stereocenters. The van der Waals surface area contributed by atoms with Crippen molar-refractivity contribution < 1.29 is 14.6 Å². The molecule has 4 aromatic rings. The van der Waals surface area contributed by atoms with E-state index in [-0.39, 0.29) is 25.4 Å². The maximum atomic E-state index is 13.0. The first-order valence-corrected chi connectivity index (χ1v) is 10.8. The number of hydrogen-bond donors (Lipinski definition) is 2. The third kappa shape index (κ3) is 4.55. The van der Waals surface area contributed by atoms with Gasteiger partial charge in [0, 0.05) is 28.6 Å². The van der Waals surface area contributed by atoms with Gasteiger partial charge in [0.05, 0.1) is 12.3 Å². The molecule has 0 aliphatic heterocycles. The van der Waals surface area contributed by atoms with E-state index in [1.165, 1.54) is 0 Å². The molecule has 0 saturated heterocycles. The summed E-state index contributed by atoms with van der Waals surface area (Å²) in [5.41, 5.74) is 7.18.